The van der Waals surface area contributed by atoms with Crippen molar-refractivity contribution in [3.63, 3.8) is 0 Å². The van der Waals surface area contributed by atoms with E-state index in [1.165, 1.54) is 0 Å². The first-order valence-corrected chi connectivity index (χ1v) is 7.56. The van der Waals surface area contributed by atoms with Crippen LogP contribution >= 0.6 is 0 Å². The Morgan fingerprint density at radius 2 is 1.90 bits per heavy atom. The summed E-state index contributed by atoms with van der Waals surface area (Å²) in [6.45, 7) is 5.38. The lowest BCUT2D eigenvalue weighted by Gasteiger charge is -2.22. The van der Waals surface area contributed by atoms with Gasteiger partial charge in [-0.25, -0.2) is 0 Å². The third-order valence-corrected chi connectivity index (χ3v) is 3.68. The zero-order chi connectivity index (χ0) is 14.9. The topological polar surface area (TPSA) is 53.0 Å². The van der Waals surface area contributed by atoms with Crippen LogP contribution in [0.3, 0.4) is 0 Å². The van der Waals surface area contributed by atoms with Gasteiger partial charge in [-0.1, -0.05) is 18.2 Å². The van der Waals surface area contributed by atoms with Gasteiger partial charge in [-0.3, -0.25) is 9.69 Å². The van der Waals surface area contributed by atoms with Gasteiger partial charge < -0.3 is 14.7 Å². The minimum Gasteiger partial charge on any atom is -0.394 e. The summed E-state index contributed by atoms with van der Waals surface area (Å²) in [5.74, 6) is 0.119. The van der Waals surface area contributed by atoms with Crippen LogP contribution in [-0.2, 0) is 4.74 Å². The minimum absolute atomic E-state index is 0.0688. The van der Waals surface area contributed by atoms with Crippen LogP contribution in [0.2, 0.25) is 0 Å². The smallest absolute Gasteiger partial charge is 0.253 e. The summed E-state index contributed by atoms with van der Waals surface area (Å²) in [6.07, 6.45) is 0.985. The maximum Gasteiger partial charge on any atom is 0.253 e. The van der Waals surface area contributed by atoms with Crippen molar-refractivity contribution >= 4 is 5.91 Å². The lowest BCUT2D eigenvalue weighted by atomic mass is 10.2. The molecule has 116 valence electrons. The quantitative estimate of drug-likeness (QED) is 0.790. The van der Waals surface area contributed by atoms with Crippen molar-refractivity contribution in [2.75, 3.05) is 52.5 Å². The Morgan fingerprint density at radius 1 is 1.10 bits per heavy atom. The molecule has 2 rings (SSSR count). The zero-order valence-corrected chi connectivity index (χ0v) is 12.4. The Balaban J connectivity index is 1.79. The van der Waals surface area contributed by atoms with Crippen molar-refractivity contribution in [3.05, 3.63) is 35.9 Å². The van der Waals surface area contributed by atoms with E-state index in [0.717, 1.165) is 44.7 Å². The van der Waals surface area contributed by atoms with Gasteiger partial charge in [0.2, 0.25) is 0 Å². The van der Waals surface area contributed by atoms with Crippen LogP contribution in [0.5, 0.6) is 0 Å². The van der Waals surface area contributed by atoms with Crippen LogP contribution in [-0.4, -0.2) is 73.4 Å². The summed E-state index contributed by atoms with van der Waals surface area (Å²) < 4.78 is 5.30. The highest BCUT2D eigenvalue weighted by Crippen LogP contribution is 2.09. The fourth-order valence-electron chi connectivity index (χ4n) is 2.52. The van der Waals surface area contributed by atoms with Gasteiger partial charge in [-0.15, -0.1) is 0 Å². The van der Waals surface area contributed by atoms with E-state index in [0.29, 0.717) is 13.2 Å². The van der Waals surface area contributed by atoms with Crippen LogP contribution < -0.4 is 0 Å². The zero-order valence-electron chi connectivity index (χ0n) is 12.4. The number of hydrogen-bond acceptors (Lipinski definition) is 4. The van der Waals surface area contributed by atoms with Crippen LogP contribution in [0.1, 0.15) is 16.8 Å². The summed E-state index contributed by atoms with van der Waals surface area (Å²) >= 11 is 0. The van der Waals surface area contributed by atoms with Gasteiger partial charge in [0.05, 0.1) is 19.8 Å². The Labute approximate surface area is 126 Å². The molecule has 1 N–H and O–H groups in total. The van der Waals surface area contributed by atoms with Crippen molar-refractivity contribution < 1.29 is 14.6 Å². The van der Waals surface area contributed by atoms with Gasteiger partial charge in [-0.2, -0.15) is 0 Å². The van der Waals surface area contributed by atoms with Gasteiger partial charge in [0.1, 0.15) is 0 Å². The number of amides is 1. The summed E-state index contributed by atoms with van der Waals surface area (Å²) in [6, 6.07) is 9.46. The molecule has 1 saturated heterocycles. The molecule has 1 aliphatic rings. The van der Waals surface area contributed by atoms with E-state index in [9.17, 15) is 4.79 Å². The van der Waals surface area contributed by atoms with Crippen molar-refractivity contribution in [2.24, 2.45) is 0 Å². The molecule has 1 aromatic rings. The van der Waals surface area contributed by atoms with E-state index in [4.69, 9.17) is 9.84 Å². The number of ether oxygens (including phenoxy) is 1. The molecule has 1 fully saturated rings. The largest absolute Gasteiger partial charge is 0.394 e. The Kier molecular flexibility index (Phi) is 6.66. The number of aliphatic hydroxyl groups excluding tert-OH is 1. The highest BCUT2D eigenvalue weighted by atomic mass is 16.5. The van der Waals surface area contributed by atoms with Crippen LogP contribution in [0.15, 0.2) is 30.3 Å². The Bertz CT molecular complexity index is 425. The van der Waals surface area contributed by atoms with Crippen molar-refractivity contribution in [1.29, 1.82) is 0 Å². The monoisotopic (exact) mass is 292 g/mol. The predicted octanol–water partition coefficient (Wildman–Crippen LogP) is 0.843. The highest BCUT2D eigenvalue weighted by Gasteiger charge is 2.19. The summed E-state index contributed by atoms with van der Waals surface area (Å²) in [5, 5.41) is 8.67. The second-order valence-corrected chi connectivity index (χ2v) is 5.19. The Hall–Kier alpha value is -1.43. The molecule has 0 unspecified atom stereocenters. The van der Waals surface area contributed by atoms with Crippen LogP contribution in [0.25, 0.3) is 0 Å². The first kappa shape index (κ1) is 15.9. The summed E-state index contributed by atoms with van der Waals surface area (Å²) in [4.78, 5) is 16.7. The average Bonchev–Trinajstić information content (AvgIpc) is 2.77. The number of hydrogen-bond donors (Lipinski definition) is 1. The summed E-state index contributed by atoms with van der Waals surface area (Å²) in [7, 11) is 0. The van der Waals surface area contributed by atoms with Crippen molar-refractivity contribution in [2.45, 2.75) is 6.42 Å². The molecule has 0 spiro atoms. The van der Waals surface area contributed by atoms with Crippen LogP contribution in [0, 0.1) is 0 Å². The maximum atomic E-state index is 12.4. The van der Waals surface area contributed by atoms with E-state index >= 15 is 0 Å². The summed E-state index contributed by atoms with van der Waals surface area (Å²) in [5.41, 5.74) is 0.761. The first-order valence-electron chi connectivity index (χ1n) is 7.56. The second-order valence-electron chi connectivity index (χ2n) is 5.19. The van der Waals surface area contributed by atoms with Crippen molar-refractivity contribution in [3.8, 4) is 0 Å². The third kappa shape index (κ3) is 5.12. The lowest BCUT2D eigenvalue weighted by Crippen LogP contribution is -2.36. The molecule has 5 heteroatoms. The molecule has 1 amide bonds. The van der Waals surface area contributed by atoms with Crippen molar-refractivity contribution in [1.82, 2.24) is 9.80 Å². The number of nitrogens with zero attached hydrogens (tertiary/aromatic N) is 2. The predicted molar refractivity (Wildman–Crippen MR) is 81.3 cm³/mol. The van der Waals surface area contributed by atoms with E-state index in [2.05, 4.69) is 4.90 Å². The van der Waals surface area contributed by atoms with Gasteiger partial charge >= 0.3 is 0 Å². The fourth-order valence-corrected chi connectivity index (χ4v) is 2.52. The fraction of sp³-hybridized carbons (Fsp3) is 0.562. The van der Waals surface area contributed by atoms with Gasteiger partial charge in [0.25, 0.3) is 5.91 Å². The number of carbonyl (C=O) groups is 1. The molecule has 1 aliphatic heterocycles. The van der Waals surface area contributed by atoms with Gasteiger partial charge in [0.15, 0.2) is 0 Å². The van der Waals surface area contributed by atoms with Gasteiger partial charge in [0, 0.05) is 31.7 Å². The van der Waals surface area contributed by atoms with E-state index in [1.54, 1.807) is 0 Å². The molecule has 0 radical (unpaired) electrons. The average molecular weight is 292 g/mol. The van der Waals surface area contributed by atoms with Crippen LogP contribution in [0.4, 0.5) is 0 Å². The maximum absolute atomic E-state index is 12.4. The number of aliphatic hydroxyl groups is 1. The standard InChI is InChI=1S/C16H24N2O3/c19-12-14-21-13-11-17-7-4-8-18(10-9-17)16(20)15-5-2-1-3-6-15/h1-3,5-6,19H,4,7-14H2. The number of carbonyl (C=O) groups excluding carboxylic acids is 1. The molecule has 0 aliphatic carbocycles. The molecule has 1 aromatic carbocycles. The Morgan fingerprint density at radius 3 is 2.67 bits per heavy atom. The van der Waals surface area contributed by atoms with E-state index in [1.807, 2.05) is 35.2 Å². The molecule has 0 saturated carbocycles. The van der Waals surface area contributed by atoms with Gasteiger partial charge in [-0.05, 0) is 25.1 Å². The SMILES string of the molecule is O=C(c1ccccc1)N1CCCN(CCOCCO)CC1. The number of benzene rings is 1. The molecule has 0 atom stereocenters. The minimum atomic E-state index is 0.0688. The molecule has 0 aromatic heterocycles. The molecule has 0 bridgehead atoms. The first-order chi connectivity index (χ1) is 10.3. The highest BCUT2D eigenvalue weighted by molar-refractivity contribution is 5.94. The third-order valence-electron chi connectivity index (χ3n) is 3.68. The van der Waals surface area contributed by atoms with E-state index < -0.39 is 0 Å². The molecular weight excluding hydrogens is 268 g/mol. The molecule has 21 heavy (non-hydrogen) atoms. The number of rotatable bonds is 6. The molecule has 5 nitrogen and oxygen atoms in total. The second kappa shape index (κ2) is 8.77. The lowest BCUT2D eigenvalue weighted by molar-refractivity contribution is 0.0712. The normalized spacial score (nSPS) is 16.7. The molecular formula is C16H24N2O3. The molecule has 1 heterocycles. The van der Waals surface area contributed by atoms with E-state index in [-0.39, 0.29) is 12.5 Å².